The zero-order chi connectivity index (χ0) is 17.3. The molecule has 0 aliphatic heterocycles. The fraction of sp³-hybridized carbons (Fsp3) is 0.235. The molecule has 5 nitrogen and oxygen atoms in total. The topological polar surface area (TPSA) is 83.0 Å². The molecule has 3 aromatic rings. The van der Waals surface area contributed by atoms with E-state index in [0.29, 0.717) is 16.4 Å². The van der Waals surface area contributed by atoms with Gasteiger partial charge in [-0.3, -0.25) is 0 Å². The van der Waals surface area contributed by atoms with Crippen molar-refractivity contribution >= 4 is 32.5 Å². The Bertz CT molecular complexity index is 949. The lowest BCUT2D eigenvalue weighted by Crippen LogP contribution is -2.17. The van der Waals surface area contributed by atoms with E-state index in [0.717, 1.165) is 16.6 Å². The molecule has 0 saturated carbocycles. The summed E-state index contributed by atoms with van der Waals surface area (Å²) in [7, 11) is -3.53. The van der Waals surface area contributed by atoms with E-state index in [1.807, 2.05) is 24.3 Å². The molecule has 0 amide bonds. The molecule has 0 spiro atoms. The van der Waals surface area contributed by atoms with E-state index in [2.05, 4.69) is 9.97 Å². The Morgan fingerprint density at radius 3 is 2.71 bits per heavy atom. The van der Waals surface area contributed by atoms with Gasteiger partial charge in [-0.05, 0) is 36.2 Å². The van der Waals surface area contributed by atoms with Crippen molar-refractivity contribution in [2.75, 3.05) is 5.75 Å². The second-order valence-electron chi connectivity index (χ2n) is 5.78. The second-order valence-corrected chi connectivity index (χ2v) is 8.30. The summed E-state index contributed by atoms with van der Waals surface area (Å²) in [6.07, 6.45) is -1.10. The van der Waals surface area contributed by atoms with Crippen LogP contribution in [0.25, 0.3) is 11.0 Å². The van der Waals surface area contributed by atoms with Gasteiger partial charge in [-0.25, -0.2) is 13.4 Å². The molecule has 3 rings (SSSR count). The molecule has 126 valence electrons. The normalized spacial score (nSPS) is 13.3. The zero-order valence-electron chi connectivity index (χ0n) is 13.0. The summed E-state index contributed by atoms with van der Waals surface area (Å²) in [5, 5.41) is 10.8. The molecule has 0 fully saturated rings. The first-order chi connectivity index (χ1) is 11.3. The average Bonchev–Trinajstić information content (AvgIpc) is 2.90. The Morgan fingerprint density at radius 1 is 1.25 bits per heavy atom. The van der Waals surface area contributed by atoms with Crippen molar-refractivity contribution in [1.82, 2.24) is 9.97 Å². The van der Waals surface area contributed by atoms with Crippen molar-refractivity contribution in [2.45, 2.75) is 18.8 Å². The Morgan fingerprint density at radius 2 is 2.00 bits per heavy atom. The number of H-pyrrole nitrogens is 1. The molecular weight excluding hydrogens is 348 g/mol. The number of rotatable bonds is 5. The molecule has 0 saturated heterocycles. The third kappa shape index (κ3) is 3.77. The van der Waals surface area contributed by atoms with Gasteiger partial charge in [-0.1, -0.05) is 35.9 Å². The number of nitrogens with zero attached hydrogens (tertiary/aromatic N) is 1. The highest BCUT2D eigenvalue weighted by Gasteiger charge is 2.21. The summed E-state index contributed by atoms with van der Waals surface area (Å²) >= 11 is 5.95. The Balaban J connectivity index is 1.76. The number of hydrogen-bond donors (Lipinski definition) is 2. The van der Waals surface area contributed by atoms with E-state index >= 15 is 0 Å². The van der Waals surface area contributed by atoms with Gasteiger partial charge in [-0.15, -0.1) is 0 Å². The minimum absolute atomic E-state index is 0.245. The third-order valence-electron chi connectivity index (χ3n) is 3.77. The summed E-state index contributed by atoms with van der Waals surface area (Å²) in [6, 6.07) is 12.3. The molecular formula is C17H17ClN2O3S. The Hall–Kier alpha value is -1.89. The first kappa shape index (κ1) is 17.0. The second kappa shape index (κ2) is 6.55. The first-order valence-electron chi connectivity index (χ1n) is 7.42. The van der Waals surface area contributed by atoms with Gasteiger partial charge in [0, 0.05) is 5.02 Å². The number of para-hydroxylation sites is 2. The van der Waals surface area contributed by atoms with Crippen LogP contribution in [-0.2, 0) is 15.6 Å². The molecule has 0 aliphatic rings. The number of aromatic amines is 1. The molecule has 2 aromatic carbocycles. The third-order valence-corrected chi connectivity index (χ3v) is 5.73. The largest absolute Gasteiger partial charge is 0.387 e. The van der Waals surface area contributed by atoms with Crippen LogP contribution in [0.3, 0.4) is 0 Å². The molecule has 7 heteroatoms. The van der Waals surface area contributed by atoms with Crippen molar-refractivity contribution in [2.24, 2.45) is 0 Å². The highest BCUT2D eigenvalue weighted by Crippen LogP contribution is 2.23. The minimum atomic E-state index is -3.53. The van der Waals surface area contributed by atoms with Gasteiger partial charge in [0.25, 0.3) is 0 Å². The SMILES string of the molecule is Cc1cc(C(O)CS(=O)(=O)Cc2nc3ccccc3[nH]2)ccc1Cl. The van der Waals surface area contributed by atoms with Crippen LogP contribution in [0.4, 0.5) is 0 Å². The summed E-state index contributed by atoms with van der Waals surface area (Å²) < 4.78 is 24.7. The summed E-state index contributed by atoms with van der Waals surface area (Å²) in [6.45, 7) is 1.81. The predicted octanol–water partition coefficient (Wildman–Crippen LogP) is 3.17. The number of aliphatic hydroxyl groups is 1. The van der Waals surface area contributed by atoms with Gasteiger partial charge in [0.1, 0.15) is 11.6 Å². The molecule has 0 aliphatic carbocycles. The van der Waals surface area contributed by atoms with Crippen LogP contribution in [-0.4, -0.2) is 29.2 Å². The monoisotopic (exact) mass is 364 g/mol. The van der Waals surface area contributed by atoms with E-state index in [-0.39, 0.29) is 11.5 Å². The van der Waals surface area contributed by atoms with E-state index in [4.69, 9.17) is 11.6 Å². The zero-order valence-corrected chi connectivity index (χ0v) is 14.6. The van der Waals surface area contributed by atoms with Crippen molar-refractivity contribution < 1.29 is 13.5 Å². The van der Waals surface area contributed by atoms with Crippen LogP contribution >= 0.6 is 11.6 Å². The van der Waals surface area contributed by atoms with Gasteiger partial charge < -0.3 is 10.1 Å². The highest BCUT2D eigenvalue weighted by atomic mass is 35.5. The smallest absolute Gasteiger partial charge is 0.160 e. The maximum Gasteiger partial charge on any atom is 0.160 e. The van der Waals surface area contributed by atoms with Gasteiger partial charge in [0.15, 0.2) is 9.84 Å². The maximum absolute atomic E-state index is 12.4. The standard InChI is InChI=1S/C17H17ClN2O3S/c1-11-8-12(6-7-13(11)18)16(21)9-24(22,23)10-17-19-14-4-2-3-5-15(14)20-17/h2-8,16,21H,9-10H2,1H3,(H,19,20). The average molecular weight is 365 g/mol. The maximum atomic E-state index is 12.4. The number of benzene rings is 2. The van der Waals surface area contributed by atoms with Gasteiger partial charge in [0.05, 0.1) is 22.9 Å². The van der Waals surface area contributed by atoms with Crippen molar-refractivity contribution in [3.8, 4) is 0 Å². The van der Waals surface area contributed by atoms with Crippen LogP contribution in [0, 0.1) is 6.92 Å². The molecule has 0 bridgehead atoms. The van der Waals surface area contributed by atoms with Gasteiger partial charge in [-0.2, -0.15) is 0 Å². The van der Waals surface area contributed by atoms with Crippen molar-refractivity contribution in [3.05, 3.63) is 64.4 Å². The van der Waals surface area contributed by atoms with E-state index < -0.39 is 15.9 Å². The number of aryl methyl sites for hydroxylation is 1. The number of fused-ring (bicyclic) bond motifs is 1. The van der Waals surface area contributed by atoms with Crippen LogP contribution in [0.15, 0.2) is 42.5 Å². The Kier molecular flexibility index (Phi) is 4.62. The van der Waals surface area contributed by atoms with Crippen LogP contribution in [0.5, 0.6) is 0 Å². The first-order valence-corrected chi connectivity index (χ1v) is 9.62. The lowest BCUT2D eigenvalue weighted by Gasteiger charge is -2.12. The number of halogens is 1. The van der Waals surface area contributed by atoms with Crippen molar-refractivity contribution in [3.63, 3.8) is 0 Å². The van der Waals surface area contributed by atoms with Crippen LogP contribution in [0.1, 0.15) is 23.1 Å². The lowest BCUT2D eigenvalue weighted by molar-refractivity contribution is 0.201. The van der Waals surface area contributed by atoms with Crippen LogP contribution < -0.4 is 0 Å². The minimum Gasteiger partial charge on any atom is -0.387 e. The number of sulfone groups is 1. The highest BCUT2D eigenvalue weighted by molar-refractivity contribution is 7.90. The summed E-state index contributed by atoms with van der Waals surface area (Å²) in [5.74, 6) is -0.244. The summed E-state index contributed by atoms with van der Waals surface area (Å²) in [5.41, 5.74) is 2.83. The fourth-order valence-corrected chi connectivity index (χ4v) is 4.02. The van der Waals surface area contributed by atoms with Gasteiger partial charge >= 0.3 is 0 Å². The lowest BCUT2D eigenvalue weighted by atomic mass is 10.1. The van der Waals surface area contributed by atoms with E-state index in [1.54, 1.807) is 25.1 Å². The predicted molar refractivity (Wildman–Crippen MR) is 94.7 cm³/mol. The number of aliphatic hydroxyl groups excluding tert-OH is 1. The fourth-order valence-electron chi connectivity index (χ4n) is 2.55. The number of hydrogen-bond acceptors (Lipinski definition) is 4. The number of aromatic nitrogens is 2. The van der Waals surface area contributed by atoms with Gasteiger partial charge in [0.2, 0.25) is 0 Å². The number of nitrogens with one attached hydrogen (secondary N) is 1. The molecule has 1 aromatic heterocycles. The van der Waals surface area contributed by atoms with E-state index in [9.17, 15) is 13.5 Å². The number of imidazole rings is 1. The molecule has 0 radical (unpaired) electrons. The van der Waals surface area contributed by atoms with E-state index in [1.165, 1.54) is 0 Å². The molecule has 1 unspecified atom stereocenters. The molecule has 1 atom stereocenters. The quantitative estimate of drug-likeness (QED) is 0.728. The molecule has 2 N–H and O–H groups in total. The molecule has 1 heterocycles. The van der Waals surface area contributed by atoms with Crippen molar-refractivity contribution in [1.29, 1.82) is 0 Å². The Labute approximate surface area is 145 Å². The molecule has 24 heavy (non-hydrogen) atoms. The van der Waals surface area contributed by atoms with Crippen LogP contribution in [0.2, 0.25) is 5.02 Å². The summed E-state index contributed by atoms with van der Waals surface area (Å²) in [4.78, 5) is 7.26.